The van der Waals surface area contributed by atoms with E-state index in [1.807, 2.05) is 42.2 Å². The third kappa shape index (κ3) is 4.88. The minimum Gasteiger partial charge on any atom is -0.450 e. The van der Waals surface area contributed by atoms with Crippen LogP contribution in [0.25, 0.3) is 6.08 Å². The molecular weight excluding hydrogens is 470 g/mol. The van der Waals surface area contributed by atoms with Gasteiger partial charge in [0.05, 0.1) is 12.0 Å². The lowest BCUT2D eigenvalue weighted by atomic mass is 10.1. The molecule has 1 N–H and O–H groups in total. The number of fused-ring (bicyclic) bond motifs is 1. The fraction of sp³-hybridized carbons (Fsp3) is 0.292. The first-order valence-corrected chi connectivity index (χ1v) is 12.7. The molecular formula is C24H23N5O3S2. The number of carbonyl (C=O) groups is 2. The molecule has 0 radical (unpaired) electrons. The van der Waals surface area contributed by atoms with E-state index in [-0.39, 0.29) is 23.7 Å². The Morgan fingerprint density at radius 1 is 1.18 bits per heavy atom. The summed E-state index contributed by atoms with van der Waals surface area (Å²) in [5.41, 5.74) is 1.28. The van der Waals surface area contributed by atoms with Crippen LogP contribution < -0.4 is 0 Å². The number of nitrogens with zero attached hydrogens (tertiary/aromatic N) is 4. The molecule has 4 heterocycles. The normalized spacial score (nSPS) is 19.4. The maximum atomic E-state index is 12.6. The van der Waals surface area contributed by atoms with Crippen LogP contribution in [0.1, 0.15) is 37.0 Å². The van der Waals surface area contributed by atoms with Gasteiger partial charge < -0.3 is 9.32 Å². The number of aryl methyl sites for hydroxylation is 1. The molecule has 0 saturated carbocycles. The topological polar surface area (TPSA) is 102 Å². The van der Waals surface area contributed by atoms with Crippen LogP contribution in [0.15, 0.2) is 66.5 Å². The zero-order valence-electron chi connectivity index (χ0n) is 18.6. The van der Waals surface area contributed by atoms with E-state index in [0.717, 1.165) is 37.2 Å². The largest absolute Gasteiger partial charge is 0.450 e. The second-order valence-corrected chi connectivity index (χ2v) is 10.3. The lowest BCUT2D eigenvalue weighted by Gasteiger charge is -2.26. The number of amides is 2. The number of rotatable bonds is 5. The fourth-order valence-electron chi connectivity index (χ4n) is 3.82. The first-order chi connectivity index (χ1) is 16.5. The Morgan fingerprint density at radius 3 is 2.71 bits per heavy atom. The van der Waals surface area contributed by atoms with Crippen LogP contribution in [0.5, 0.6) is 0 Å². The van der Waals surface area contributed by atoms with Gasteiger partial charge in [-0.3, -0.25) is 15.0 Å². The maximum absolute atomic E-state index is 12.6. The minimum absolute atomic E-state index is 0.0224. The zero-order chi connectivity index (χ0) is 23.7. The van der Waals surface area contributed by atoms with Crippen molar-refractivity contribution in [1.29, 1.82) is 5.41 Å². The smallest absolute Gasteiger partial charge is 0.283 e. The van der Waals surface area contributed by atoms with Crippen LogP contribution in [0.2, 0.25) is 0 Å². The number of hydrogen-bond acceptors (Lipinski definition) is 7. The number of benzene rings is 1. The molecule has 10 heteroatoms. The number of nitrogens with one attached hydrogen (secondary N) is 1. The second kappa shape index (κ2) is 9.63. The predicted octanol–water partition coefficient (Wildman–Crippen LogP) is 4.76. The number of likely N-dealkylation sites (tertiary alicyclic amines) is 1. The van der Waals surface area contributed by atoms with Gasteiger partial charge in [0.1, 0.15) is 10.8 Å². The lowest BCUT2D eigenvalue weighted by molar-refractivity contribution is -0.130. The summed E-state index contributed by atoms with van der Waals surface area (Å²) < 4.78 is 5.85. The molecule has 0 unspecified atom stereocenters. The molecule has 34 heavy (non-hydrogen) atoms. The molecule has 174 valence electrons. The maximum Gasteiger partial charge on any atom is 0.283 e. The van der Waals surface area contributed by atoms with E-state index >= 15 is 0 Å². The summed E-state index contributed by atoms with van der Waals surface area (Å²) in [6, 6.07) is 11.7. The van der Waals surface area contributed by atoms with Crippen molar-refractivity contribution in [3.8, 4) is 0 Å². The monoisotopic (exact) mass is 493 g/mol. The average Bonchev–Trinajstić information content (AvgIpc) is 3.45. The van der Waals surface area contributed by atoms with Gasteiger partial charge in [0.2, 0.25) is 11.1 Å². The van der Waals surface area contributed by atoms with E-state index in [1.54, 1.807) is 6.07 Å². The van der Waals surface area contributed by atoms with E-state index in [1.165, 1.54) is 40.2 Å². The first kappa shape index (κ1) is 22.7. The summed E-state index contributed by atoms with van der Waals surface area (Å²) in [6.45, 7) is 3.58. The van der Waals surface area contributed by atoms with Crippen molar-refractivity contribution in [1.82, 2.24) is 9.91 Å². The molecule has 0 bridgehead atoms. The number of furan rings is 1. The Balaban J connectivity index is 1.29. The van der Waals surface area contributed by atoms with Crippen LogP contribution in [-0.2, 0) is 9.59 Å². The summed E-state index contributed by atoms with van der Waals surface area (Å²) in [5.74, 6) is -0.120. The highest BCUT2D eigenvalue weighted by Crippen LogP contribution is 2.32. The van der Waals surface area contributed by atoms with Crippen LogP contribution in [0.3, 0.4) is 0 Å². The van der Waals surface area contributed by atoms with Gasteiger partial charge in [-0.25, -0.2) is 0 Å². The Bertz CT molecular complexity index is 1240. The second-order valence-electron chi connectivity index (χ2n) is 8.20. The van der Waals surface area contributed by atoms with Crippen molar-refractivity contribution in [3.05, 3.63) is 53.3 Å². The standard InChI is InChI=1S/C24H23N5O3S2/c1-15-5-8-17(9-6-15)33-21-10-7-16(32-21)13-18-22(25)29-24(26-23(18)31)34-19(27-29)14-20(30)28-11-3-2-4-12-28/h5-10,13,25H,2-4,11-12,14H2,1H3/b18-13-,25-22?. The van der Waals surface area contributed by atoms with Gasteiger partial charge in [-0.2, -0.15) is 15.1 Å². The third-order valence-corrected chi connectivity index (χ3v) is 7.47. The summed E-state index contributed by atoms with van der Waals surface area (Å²) in [4.78, 5) is 32.2. The van der Waals surface area contributed by atoms with Crippen LogP contribution in [-0.4, -0.2) is 50.9 Å². The Kier molecular flexibility index (Phi) is 6.42. The van der Waals surface area contributed by atoms with Crippen molar-refractivity contribution in [2.45, 2.75) is 42.6 Å². The Labute approximate surface area is 205 Å². The van der Waals surface area contributed by atoms with Crippen molar-refractivity contribution >= 4 is 57.5 Å². The average molecular weight is 494 g/mol. The number of hydrogen-bond donors (Lipinski definition) is 1. The minimum atomic E-state index is -0.522. The third-order valence-electron chi connectivity index (χ3n) is 5.64. The summed E-state index contributed by atoms with van der Waals surface area (Å²) in [5, 5.41) is 15.8. The molecule has 3 aliphatic rings. The van der Waals surface area contributed by atoms with E-state index in [9.17, 15) is 9.59 Å². The van der Waals surface area contributed by atoms with Crippen molar-refractivity contribution in [2.24, 2.45) is 10.1 Å². The van der Waals surface area contributed by atoms with Crippen molar-refractivity contribution in [2.75, 3.05) is 13.1 Å². The van der Waals surface area contributed by atoms with Gasteiger partial charge >= 0.3 is 0 Å². The molecule has 0 atom stereocenters. The van der Waals surface area contributed by atoms with Gasteiger partial charge in [-0.1, -0.05) is 29.5 Å². The van der Waals surface area contributed by atoms with Gasteiger partial charge in [-0.05, 0) is 68.3 Å². The van der Waals surface area contributed by atoms with Crippen molar-refractivity contribution < 1.29 is 14.0 Å². The number of carbonyl (C=O) groups excluding carboxylic acids is 2. The fourth-order valence-corrected chi connectivity index (χ4v) is 5.47. The predicted molar refractivity (Wildman–Crippen MR) is 134 cm³/mol. The van der Waals surface area contributed by atoms with Crippen LogP contribution >= 0.6 is 23.5 Å². The molecule has 8 nitrogen and oxygen atoms in total. The zero-order valence-corrected chi connectivity index (χ0v) is 20.2. The molecule has 2 amide bonds. The molecule has 1 aromatic heterocycles. The molecule has 2 aromatic rings. The van der Waals surface area contributed by atoms with E-state index in [4.69, 9.17) is 9.83 Å². The molecule has 1 saturated heterocycles. The molecule has 0 aliphatic carbocycles. The highest BCUT2D eigenvalue weighted by molar-refractivity contribution is 8.27. The lowest BCUT2D eigenvalue weighted by Crippen LogP contribution is -2.36. The molecule has 0 spiro atoms. The molecule has 1 aromatic carbocycles. The molecule has 1 fully saturated rings. The van der Waals surface area contributed by atoms with Gasteiger partial charge in [-0.15, -0.1) is 0 Å². The Hall–Kier alpha value is -3.11. The highest BCUT2D eigenvalue weighted by Gasteiger charge is 2.36. The molecule has 3 aliphatic heterocycles. The van der Waals surface area contributed by atoms with E-state index < -0.39 is 5.91 Å². The quantitative estimate of drug-likeness (QED) is 0.603. The number of hydrazone groups is 1. The van der Waals surface area contributed by atoms with Crippen molar-refractivity contribution in [3.63, 3.8) is 0 Å². The summed E-state index contributed by atoms with van der Waals surface area (Å²) in [6.07, 6.45) is 4.87. The SMILES string of the molecule is Cc1ccc(Sc2ccc(/C=C3/C(=N)N4N=C(CC(=O)N5CCCCC5)SC4=NC3=O)o2)cc1. The van der Waals surface area contributed by atoms with E-state index in [2.05, 4.69) is 10.1 Å². The number of thioether (sulfide) groups is 1. The molecule has 5 rings (SSSR count). The summed E-state index contributed by atoms with van der Waals surface area (Å²) >= 11 is 2.65. The van der Waals surface area contributed by atoms with Gasteiger partial charge in [0.15, 0.2) is 10.9 Å². The Morgan fingerprint density at radius 2 is 1.94 bits per heavy atom. The summed E-state index contributed by atoms with van der Waals surface area (Å²) in [7, 11) is 0. The number of piperidine rings is 1. The highest BCUT2D eigenvalue weighted by atomic mass is 32.2. The van der Waals surface area contributed by atoms with Crippen LogP contribution in [0.4, 0.5) is 0 Å². The van der Waals surface area contributed by atoms with E-state index in [0.29, 0.717) is 21.1 Å². The van der Waals surface area contributed by atoms with Gasteiger partial charge in [0, 0.05) is 18.0 Å². The van der Waals surface area contributed by atoms with Gasteiger partial charge in [0.25, 0.3) is 5.91 Å². The number of amidine groups is 2. The number of aliphatic imine (C=N–C) groups is 1. The van der Waals surface area contributed by atoms with Crippen LogP contribution in [0, 0.1) is 12.3 Å². The first-order valence-electron chi connectivity index (χ1n) is 11.1.